The number of fused-ring (bicyclic) bond motifs is 2. The van der Waals surface area contributed by atoms with Crippen molar-refractivity contribution in [1.82, 2.24) is 5.32 Å². The summed E-state index contributed by atoms with van der Waals surface area (Å²) in [6.45, 7) is 0.446. The van der Waals surface area contributed by atoms with Gasteiger partial charge in [-0.3, -0.25) is 9.59 Å². The van der Waals surface area contributed by atoms with Gasteiger partial charge in [-0.1, -0.05) is 6.07 Å². The van der Waals surface area contributed by atoms with Crippen LogP contribution in [0.3, 0.4) is 0 Å². The summed E-state index contributed by atoms with van der Waals surface area (Å²) in [5, 5.41) is 5.42. The van der Waals surface area contributed by atoms with E-state index < -0.39 is 9.84 Å². The first-order valence-corrected chi connectivity index (χ1v) is 11.5. The van der Waals surface area contributed by atoms with Crippen LogP contribution >= 0.6 is 11.8 Å². The van der Waals surface area contributed by atoms with E-state index in [9.17, 15) is 18.0 Å². The Labute approximate surface area is 171 Å². The van der Waals surface area contributed by atoms with Crippen LogP contribution in [0, 0.1) is 0 Å². The molecule has 0 radical (unpaired) electrons. The molecule has 0 aromatic heterocycles. The lowest BCUT2D eigenvalue weighted by Crippen LogP contribution is -2.25. The van der Waals surface area contributed by atoms with Crippen molar-refractivity contribution in [2.75, 3.05) is 23.6 Å². The molecule has 29 heavy (non-hydrogen) atoms. The number of nitrogens with one attached hydrogen (secondary N) is 2. The van der Waals surface area contributed by atoms with Gasteiger partial charge < -0.3 is 20.1 Å². The third-order valence-electron chi connectivity index (χ3n) is 4.47. The molecule has 0 bridgehead atoms. The van der Waals surface area contributed by atoms with Crippen molar-refractivity contribution in [2.45, 2.75) is 22.8 Å². The molecule has 152 valence electrons. The minimum Gasteiger partial charge on any atom is -0.454 e. The number of hydrogen-bond acceptors (Lipinski definition) is 7. The van der Waals surface area contributed by atoms with Crippen LogP contribution in [0.15, 0.2) is 46.2 Å². The molecule has 2 aromatic rings. The molecule has 0 saturated heterocycles. The molecule has 2 amide bonds. The topological polar surface area (TPSA) is 111 Å². The number of benzene rings is 2. The summed E-state index contributed by atoms with van der Waals surface area (Å²) in [7, 11) is -3.62. The number of thioether (sulfide) groups is 1. The Morgan fingerprint density at radius 2 is 1.97 bits per heavy atom. The molecule has 0 atom stereocenters. The number of hydrogen-bond donors (Lipinski definition) is 2. The van der Waals surface area contributed by atoms with Gasteiger partial charge in [0.2, 0.25) is 18.6 Å². The number of anilines is 1. The van der Waals surface area contributed by atoms with E-state index in [0.717, 1.165) is 5.56 Å². The number of carbonyl (C=O) groups is 2. The van der Waals surface area contributed by atoms with E-state index in [0.29, 0.717) is 22.1 Å². The molecule has 2 aliphatic rings. The molecule has 10 heteroatoms. The normalized spacial score (nSPS) is 14.8. The van der Waals surface area contributed by atoms with Crippen LogP contribution in [-0.2, 0) is 26.0 Å². The SMILES string of the molecule is O=C(CCS(=O)(=O)c1ccc2c(c1)SCC(=O)N2)NCc1ccc2c(c1)OCO2. The summed E-state index contributed by atoms with van der Waals surface area (Å²) < 4.78 is 35.7. The van der Waals surface area contributed by atoms with Gasteiger partial charge in [0, 0.05) is 17.9 Å². The molecule has 4 rings (SSSR count). The van der Waals surface area contributed by atoms with Crippen molar-refractivity contribution in [3.8, 4) is 11.5 Å². The first-order valence-electron chi connectivity index (χ1n) is 8.85. The van der Waals surface area contributed by atoms with Gasteiger partial charge in [-0.05, 0) is 35.9 Å². The first kappa shape index (κ1) is 19.6. The Hall–Kier alpha value is -2.72. The van der Waals surface area contributed by atoms with E-state index >= 15 is 0 Å². The van der Waals surface area contributed by atoms with Gasteiger partial charge in [-0.2, -0.15) is 0 Å². The third-order valence-corrected chi connectivity index (χ3v) is 7.24. The third kappa shape index (κ3) is 4.48. The Morgan fingerprint density at radius 3 is 2.83 bits per heavy atom. The second-order valence-corrected chi connectivity index (χ2v) is 9.65. The quantitative estimate of drug-likeness (QED) is 0.715. The van der Waals surface area contributed by atoms with Crippen molar-refractivity contribution in [2.24, 2.45) is 0 Å². The van der Waals surface area contributed by atoms with Crippen LogP contribution < -0.4 is 20.1 Å². The summed E-state index contributed by atoms with van der Waals surface area (Å²) in [5.74, 6) is 0.770. The highest BCUT2D eigenvalue weighted by atomic mass is 32.2. The van der Waals surface area contributed by atoms with E-state index in [1.807, 2.05) is 6.07 Å². The van der Waals surface area contributed by atoms with E-state index in [4.69, 9.17) is 9.47 Å². The lowest BCUT2D eigenvalue weighted by molar-refractivity contribution is -0.120. The molecule has 0 aliphatic carbocycles. The number of rotatable bonds is 6. The summed E-state index contributed by atoms with van der Waals surface area (Å²) in [6.07, 6.45) is -0.145. The van der Waals surface area contributed by atoms with E-state index in [1.165, 1.54) is 17.8 Å². The molecule has 0 unspecified atom stereocenters. The van der Waals surface area contributed by atoms with Crippen LogP contribution in [0.4, 0.5) is 5.69 Å². The number of amides is 2. The maximum absolute atomic E-state index is 12.6. The molecular formula is C19H18N2O6S2. The van der Waals surface area contributed by atoms with Crippen molar-refractivity contribution in [3.05, 3.63) is 42.0 Å². The highest BCUT2D eigenvalue weighted by Crippen LogP contribution is 2.34. The average molecular weight is 434 g/mol. The van der Waals surface area contributed by atoms with E-state index in [2.05, 4.69) is 10.6 Å². The zero-order chi connectivity index (χ0) is 20.4. The minimum atomic E-state index is -3.62. The van der Waals surface area contributed by atoms with Crippen LogP contribution in [0.25, 0.3) is 0 Å². The fraction of sp³-hybridized carbons (Fsp3) is 0.263. The Kier molecular flexibility index (Phi) is 5.37. The molecule has 2 N–H and O–H groups in total. The van der Waals surface area contributed by atoms with Crippen molar-refractivity contribution in [3.63, 3.8) is 0 Å². The fourth-order valence-electron chi connectivity index (χ4n) is 2.93. The molecular weight excluding hydrogens is 416 g/mol. The van der Waals surface area contributed by atoms with Gasteiger partial charge in [0.05, 0.1) is 22.1 Å². The fourth-order valence-corrected chi connectivity index (χ4v) is 5.11. The Morgan fingerprint density at radius 1 is 1.14 bits per heavy atom. The number of sulfone groups is 1. The standard InChI is InChI=1S/C19H18N2O6S2/c22-18(20-9-12-1-4-15-16(7-12)27-11-26-15)5-6-29(24,25)13-2-3-14-17(8-13)28-10-19(23)21-14/h1-4,7-8H,5-6,9-11H2,(H,20,22)(H,21,23). The highest BCUT2D eigenvalue weighted by molar-refractivity contribution is 8.00. The predicted molar refractivity (Wildman–Crippen MR) is 107 cm³/mol. The summed E-state index contributed by atoms with van der Waals surface area (Å²) >= 11 is 1.29. The lowest BCUT2D eigenvalue weighted by atomic mass is 10.2. The van der Waals surface area contributed by atoms with Gasteiger partial charge in [-0.25, -0.2) is 8.42 Å². The lowest BCUT2D eigenvalue weighted by Gasteiger charge is -2.17. The van der Waals surface area contributed by atoms with Crippen molar-refractivity contribution < 1.29 is 27.5 Å². The summed E-state index contributed by atoms with van der Waals surface area (Å²) in [4.78, 5) is 24.4. The molecule has 2 heterocycles. The second kappa shape index (κ2) is 7.96. The van der Waals surface area contributed by atoms with Gasteiger partial charge in [0.1, 0.15) is 0 Å². The Bertz CT molecular complexity index is 1080. The van der Waals surface area contributed by atoms with Gasteiger partial charge in [0.15, 0.2) is 21.3 Å². The predicted octanol–water partition coefficient (Wildman–Crippen LogP) is 1.94. The smallest absolute Gasteiger partial charge is 0.234 e. The highest BCUT2D eigenvalue weighted by Gasteiger charge is 2.21. The van der Waals surface area contributed by atoms with Gasteiger partial charge in [0.25, 0.3) is 0 Å². The molecule has 2 aromatic carbocycles. The molecule has 0 spiro atoms. The largest absolute Gasteiger partial charge is 0.454 e. The molecule has 0 fully saturated rings. The summed E-state index contributed by atoms with van der Waals surface area (Å²) in [5.41, 5.74) is 1.44. The molecule has 8 nitrogen and oxygen atoms in total. The minimum absolute atomic E-state index is 0.114. The average Bonchev–Trinajstić information content (AvgIpc) is 3.18. The van der Waals surface area contributed by atoms with Crippen LogP contribution in [0.5, 0.6) is 11.5 Å². The van der Waals surface area contributed by atoms with Crippen molar-refractivity contribution >= 4 is 39.1 Å². The van der Waals surface area contributed by atoms with Gasteiger partial charge >= 0.3 is 0 Å². The zero-order valence-corrected chi connectivity index (χ0v) is 16.9. The van der Waals surface area contributed by atoms with Gasteiger partial charge in [-0.15, -0.1) is 11.8 Å². The second-order valence-electron chi connectivity index (χ2n) is 6.53. The zero-order valence-electron chi connectivity index (χ0n) is 15.3. The number of ether oxygens (including phenoxy) is 2. The summed E-state index contributed by atoms with van der Waals surface area (Å²) in [6, 6.07) is 9.93. The molecule has 2 aliphatic heterocycles. The molecule has 0 saturated carbocycles. The van der Waals surface area contributed by atoms with E-state index in [-0.39, 0.29) is 48.0 Å². The Balaban J connectivity index is 1.33. The maximum atomic E-state index is 12.6. The van der Waals surface area contributed by atoms with E-state index in [1.54, 1.807) is 24.3 Å². The van der Waals surface area contributed by atoms with Crippen LogP contribution in [0.2, 0.25) is 0 Å². The van der Waals surface area contributed by atoms with Crippen LogP contribution in [-0.4, -0.2) is 38.5 Å². The van der Waals surface area contributed by atoms with Crippen molar-refractivity contribution in [1.29, 1.82) is 0 Å². The monoisotopic (exact) mass is 434 g/mol. The van der Waals surface area contributed by atoms with Crippen LogP contribution in [0.1, 0.15) is 12.0 Å². The first-order chi connectivity index (χ1) is 13.9. The number of carbonyl (C=O) groups excluding carboxylic acids is 2. The maximum Gasteiger partial charge on any atom is 0.234 e.